The molecule has 0 N–H and O–H groups in total. The van der Waals surface area contributed by atoms with Gasteiger partial charge in [-0.3, -0.25) is 4.79 Å². The summed E-state index contributed by atoms with van der Waals surface area (Å²) in [6.07, 6.45) is 4.63. The Morgan fingerprint density at radius 3 is 2.69 bits per heavy atom. The Hall–Kier alpha value is -1.91. The molecule has 1 aliphatic heterocycles. The van der Waals surface area contributed by atoms with E-state index in [1.165, 1.54) is 12.4 Å². The fraction of sp³-hybridized carbons (Fsp3) is 0.364. The van der Waals surface area contributed by atoms with Crippen LogP contribution in [0.4, 0.5) is 5.82 Å². The van der Waals surface area contributed by atoms with E-state index in [4.69, 9.17) is 0 Å². The van der Waals surface area contributed by atoms with Crippen LogP contribution in [0.5, 0.6) is 0 Å². The van der Waals surface area contributed by atoms with Gasteiger partial charge < -0.3 is 9.80 Å². The minimum absolute atomic E-state index is 0.00216. The van der Waals surface area contributed by atoms with Gasteiger partial charge in [0.25, 0.3) is 0 Å². The van der Waals surface area contributed by atoms with Gasteiger partial charge in [0.1, 0.15) is 12.1 Å². The van der Waals surface area contributed by atoms with Crippen molar-refractivity contribution in [1.29, 1.82) is 0 Å². The third-order valence-electron chi connectivity index (χ3n) is 2.66. The normalized spacial score (nSPS) is 16.0. The number of piperazine rings is 1. The molecule has 2 rings (SSSR count). The Bertz CT molecular complexity index is 371. The molecule has 2 heterocycles. The van der Waals surface area contributed by atoms with E-state index < -0.39 is 0 Å². The van der Waals surface area contributed by atoms with E-state index in [0.29, 0.717) is 0 Å². The lowest BCUT2D eigenvalue weighted by molar-refractivity contribution is -0.126. The molecule has 1 fully saturated rings. The number of amides is 1. The lowest BCUT2D eigenvalue weighted by atomic mass is 10.3. The van der Waals surface area contributed by atoms with Gasteiger partial charge >= 0.3 is 0 Å². The molecule has 16 heavy (non-hydrogen) atoms. The van der Waals surface area contributed by atoms with Crippen molar-refractivity contribution in [3.05, 3.63) is 31.2 Å². The Labute approximate surface area is 94.4 Å². The molecule has 0 atom stereocenters. The number of hydrogen-bond donors (Lipinski definition) is 0. The first-order valence-electron chi connectivity index (χ1n) is 5.23. The highest BCUT2D eigenvalue weighted by molar-refractivity contribution is 5.87. The third-order valence-corrected chi connectivity index (χ3v) is 2.66. The Kier molecular flexibility index (Phi) is 3.14. The zero-order chi connectivity index (χ0) is 11.4. The highest BCUT2D eigenvalue weighted by Crippen LogP contribution is 2.11. The van der Waals surface area contributed by atoms with Crippen LogP contribution >= 0.6 is 0 Å². The number of hydrogen-bond acceptors (Lipinski definition) is 4. The zero-order valence-electron chi connectivity index (χ0n) is 9.04. The molecular formula is C11H14N4O. The summed E-state index contributed by atoms with van der Waals surface area (Å²) >= 11 is 0. The van der Waals surface area contributed by atoms with Gasteiger partial charge in [-0.15, -0.1) is 0 Å². The van der Waals surface area contributed by atoms with Gasteiger partial charge in [0.2, 0.25) is 5.91 Å². The van der Waals surface area contributed by atoms with Crippen molar-refractivity contribution >= 4 is 11.7 Å². The summed E-state index contributed by atoms with van der Waals surface area (Å²) in [5.74, 6) is 0.919. The molecule has 5 nitrogen and oxygen atoms in total. The molecule has 84 valence electrons. The second-order valence-corrected chi connectivity index (χ2v) is 3.58. The topological polar surface area (TPSA) is 49.3 Å². The van der Waals surface area contributed by atoms with Crippen LogP contribution in [-0.4, -0.2) is 47.0 Å². The van der Waals surface area contributed by atoms with Gasteiger partial charge in [-0.2, -0.15) is 0 Å². The standard InChI is InChI=1S/C11H14N4O/c1-2-11(16)15-7-5-14(6-8-15)10-3-4-12-9-13-10/h2-4,9H,1,5-8H2. The molecule has 0 aliphatic carbocycles. The van der Waals surface area contributed by atoms with Crippen LogP contribution in [0.1, 0.15) is 0 Å². The van der Waals surface area contributed by atoms with E-state index in [0.717, 1.165) is 32.0 Å². The molecule has 0 spiro atoms. The summed E-state index contributed by atoms with van der Waals surface area (Å²) in [6, 6.07) is 1.88. The van der Waals surface area contributed by atoms with Gasteiger partial charge in [-0.1, -0.05) is 6.58 Å². The number of nitrogens with zero attached hydrogens (tertiary/aromatic N) is 4. The maximum atomic E-state index is 11.4. The van der Waals surface area contributed by atoms with Crippen molar-refractivity contribution in [2.45, 2.75) is 0 Å². The zero-order valence-corrected chi connectivity index (χ0v) is 9.04. The minimum Gasteiger partial charge on any atom is -0.353 e. The quantitative estimate of drug-likeness (QED) is 0.670. The molecule has 0 unspecified atom stereocenters. The van der Waals surface area contributed by atoms with Gasteiger partial charge in [-0.05, 0) is 12.1 Å². The number of aromatic nitrogens is 2. The maximum absolute atomic E-state index is 11.4. The van der Waals surface area contributed by atoms with Crippen molar-refractivity contribution in [2.24, 2.45) is 0 Å². The second-order valence-electron chi connectivity index (χ2n) is 3.58. The third kappa shape index (κ3) is 2.18. The molecule has 1 saturated heterocycles. The smallest absolute Gasteiger partial charge is 0.246 e. The molecule has 0 aromatic carbocycles. The highest BCUT2D eigenvalue weighted by atomic mass is 16.2. The maximum Gasteiger partial charge on any atom is 0.246 e. The first-order chi connectivity index (χ1) is 7.81. The van der Waals surface area contributed by atoms with Crippen molar-refractivity contribution in [3.63, 3.8) is 0 Å². The molecule has 1 aromatic heterocycles. The fourth-order valence-electron chi connectivity index (χ4n) is 1.76. The van der Waals surface area contributed by atoms with Crippen LogP contribution in [-0.2, 0) is 4.79 Å². The summed E-state index contributed by atoms with van der Waals surface area (Å²) < 4.78 is 0. The summed E-state index contributed by atoms with van der Waals surface area (Å²) in [5.41, 5.74) is 0. The summed E-state index contributed by atoms with van der Waals surface area (Å²) in [6.45, 7) is 6.53. The Balaban J connectivity index is 1.95. The van der Waals surface area contributed by atoms with Gasteiger partial charge in [0.05, 0.1) is 0 Å². The predicted octanol–water partition coefficient (Wildman–Crippen LogP) is 0.311. The SMILES string of the molecule is C=CC(=O)N1CCN(c2ccncn2)CC1. The molecule has 0 saturated carbocycles. The van der Waals surface area contributed by atoms with Crippen LogP contribution in [0.2, 0.25) is 0 Å². The minimum atomic E-state index is 0.00216. The van der Waals surface area contributed by atoms with Gasteiger partial charge in [0.15, 0.2) is 0 Å². The van der Waals surface area contributed by atoms with Crippen molar-refractivity contribution in [1.82, 2.24) is 14.9 Å². The monoisotopic (exact) mass is 218 g/mol. The largest absolute Gasteiger partial charge is 0.353 e. The van der Waals surface area contributed by atoms with Crippen molar-refractivity contribution in [2.75, 3.05) is 31.1 Å². The van der Waals surface area contributed by atoms with Gasteiger partial charge in [0, 0.05) is 32.4 Å². The first-order valence-corrected chi connectivity index (χ1v) is 5.23. The number of carbonyl (C=O) groups is 1. The summed E-state index contributed by atoms with van der Waals surface area (Å²) in [5, 5.41) is 0. The highest BCUT2D eigenvalue weighted by Gasteiger charge is 2.19. The average molecular weight is 218 g/mol. The molecule has 0 radical (unpaired) electrons. The van der Waals surface area contributed by atoms with E-state index in [1.54, 1.807) is 11.1 Å². The Morgan fingerprint density at radius 2 is 2.12 bits per heavy atom. The Morgan fingerprint density at radius 1 is 1.38 bits per heavy atom. The average Bonchev–Trinajstić information content (AvgIpc) is 2.39. The van der Waals surface area contributed by atoms with E-state index in [-0.39, 0.29) is 5.91 Å². The van der Waals surface area contributed by atoms with Crippen molar-refractivity contribution in [3.8, 4) is 0 Å². The molecule has 0 bridgehead atoms. The predicted molar refractivity (Wildman–Crippen MR) is 61.0 cm³/mol. The fourth-order valence-corrected chi connectivity index (χ4v) is 1.76. The van der Waals surface area contributed by atoms with Crippen LogP contribution in [0.3, 0.4) is 0 Å². The van der Waals surface area contributed by atoms with Crippen LogP contribution < -0.4 is 4.90 Å². The number of carbonyl (C=O) groups excluding carboxylic acids is 1. The van der Waals surface area contributed by atoms with Gasteiger partial charge in [-0.25, -0.2) is 9.97 Å². The molecule has 1 amide bonds. The summed E-state index contributed by atoms with van der Waals surface area (Å²) in [7, 11) is 0. The lowest BCUT2D eigenvalue weighted by Gasteiger charge is -2.34. The van der Waals surface area contributed by atoms with Crippen molar-refractivity contribution < 1.29 is 4.79 Å². The summed E-state index contributed by atoms with van der Waals surface area (Å²) in [4.78, 5) is 23.4. The molecule has 1 aliphatic rings. The number of anilines is 1. The second kappa shape index (κ2) is 4.74. The van der Waals surface area contributed by atoms with Crippen LogP contribution in [0, 0.1) is 0 Å². The molecular weight excluding hydrogens is 204 g/mol. The van der Waals surface area contributed by atoms with E-state index in [2.05, 4.69) is 21.4 Å². The number of rotatable bonds is 2. The van der Waals surface area contributed by atoms with E-state index in [9.17, 15) is 4.79 Å². The molecule has 5 heteroatoms. The van der Waals surface area contributed by atoms with Crippen LogP contribution in [0.25, 0.3) is 0 Å². The molecule has 1 aromatic rings. The van der Waals surface area contributed by atoms with E-state index >= 15 is 0 Å². The first kappa shape index (κ1) is 10.6. The van der Waals surface area contributed by atoms with E-state index in [1.807, 2.05) is 6.07 Å². The lowest BCUT2D eigenvalue weighted by Crippen LogP contribution is -2.48. The van der Waals surface area contributed by atoms with Crippen LogP contribution in [0.15, 0.2) is 31.2 Å².